The first-order chi connectivity index (χ1) is 8.29. The SMILES string of the molecule is CCNC1CCCc2nc(N(C)C3CC3)sc21. The number of hydrogen-bond donors (Lipinski definition) is 1. The first-order valence-corrected chi connectivity index (χ1v) is 7.57. The van der Waals surface area contributed by atoms with Crippen molar-refractivity contribution in [2.75, 3.05) is 18.5 Å². The Balaban J connectivity index is 1.84. The van der Waals surface area contributed by atoms with Gasteiger partial charge in [-0.25, -0.2) is 4.98 Å². The summed E-state index contributed by atoms with van der Waals surface area (Å²) in [6, 6.07) is 1.32. The summed E-state index contributed by atoms with van der Waals surface area (Å²) in [6.45, 7) is 3.24. The highest BCUT2D eigenvalue weighted by atomic mass is 32.1. The van der Waals surface area contributed by atoms with Crippen LogP contribution in [0.1, 0.15) is 49.2 Å². The Morgan fingerprint density at radius 3 is 2.94 bits per heavy atom. The molecule has 1 unspecified atom stereocenters. The Morgan fingerprint density at radius 2 is 2.24 bits per heavy atom. The molecule has 3 nitrogen and oxygen atoms in total. The highest BCUT2D eigenvalue weighted by Gasteiger charge is 2.30. The molecule has 0 radical (unpaired) electrons. The topological polar surface area (TPSA) is 28.2 Å². The van der Waals surface area contributed by atoms with Gasteiger partial charge in [-0.2, -0.15) is 0 Å². The third-order valence-corrected chi connectivity index (χ3v) is 5.09. The van der Waals surface area contributed by atoms with E-state index in [0.29, 0.717) is 6.04 Å². The van der Waals surface area contributed by atoms with Gasteiger partial charge in [-0.15, -0.1) is 0 Å². The zero-order chi connectivity index (χ0) is 11.8. The molecule has 4 heteroatoms. The van der Waals surface area contributed by atoms with Gasteiger partial charge in [0.15, 0.2) is 5.13 Å². The molecule has 2 aliphatic rings. The fourth-order valence-electron chi connectivity index (χ4n) is 2.62. The lowest BCUT2D eigenvalue weighted by Gasteiger charge is -2.21. The van der Waals surface area contributed by atoms with E-state index in [4.69, 9.17) is 4.98 Å². The largest absolute Gasteiger partial charge is 0.348 e. The number of nitrogens with zero attached hydrogens (tertiary/aromatic N) is 2. The lowest BCUT2D eigenvalue weighted by molar-refractivity contribution is 0.476. The second-order valence-electron chi connectivity index (χ2n) is 5.15. The number of thiazole rings is 1. The number of aryl methyl sites for hydroxylation is 1. The van der Waals surface area contributed by atoms with Gasteiger partial charge in [0.2, 0.25) is 0 Å². The molecule has 1 fully saturated rings. The van der Waals surface area contributed by atoms with E-state index in [-0.39, 0.29) is 0 Å². The van der Waals surface area contributed by atoms with Gasteiger partial charge in [-0.3, -0.25) is 0 Å². The number of anilines is 1. The van der Waals surface area contributed by atoms with E-state index in [1.165, 1.54) is 47.8 Å². The lowest BCUT2D eigenvalue weighted by Crippen LogP contribution is -2.23. The van der Waals surface area contributed by atoms with Gasteiger partial charge in [0, 0.05) is 24.0 Å². The van der Waals surface area contributed by atoms with Crippen molar-refractivity contribution in [1.82, 2.24) is 10.3 Å². The minimum absolute atomic E-state index is 0.558. The summed E-state index contributed by atoms with van der Waals surface area (Å²) in [5, 5.41) is 4.83. The first kappa shape index (κ1) is 11.5. The van der Waals surface area contributed by atoms with E-state index in [1.54, 1.807) is 0 Å². The van der Waals surface area contributed by atoms with Crippen molar-refractivity contribution in [3.05, 3.63) is 10.6 Å². The Labute approximate surface area is 107 Å². The summed E-state index contributed by atoms with van der Waals surface area (Å²) in [6.07, 6.45) is 6.41. The van der Waals surface area contributed by atoms with Gasteiger partial charge in [0.1, 0.15) is 0 Å². The summed E-state index contributed by atoms with van der Waals surface area (Å²) in [4.78, 5) is 8.73. The zero-order valence-electron chi connectivity index (χ0n) is 10.7. The fourth-order valence-corrected chi connectivity index (χ4v) is 3.87. The third-order valence-electron chi connectivity index (χ3n) is 3.79. The quantitative estimate of drug-likeness (QED) is 0.892. The Hall–Kier alpha value is -0.610. The van der Waals surface area contributed by atoms with Gasteiger partial charge in [-0.1, -0.05) is 18.3 Å². The summed E-state index contributed by atoms with van der Waals surface area (Å²) < 4.78 is 0. The molecular formula is C13H21N3S. The zero-order valence-corrected chi connectivity index (χ0v) is 11.5. The minimum Gasteiger partial charge on any atom is -0.348 e. The number of fused-ring (bicyclic) bond motifs is 1. The molecule has 0 saturated heterocycles. The van der Waals surface area contributed by atoms with Crippen LogP contribution in [-0.2, 0) is 6.42 Å². The molecule has 1 heterocycles. The van der Waals surface area contributed by atoms with Crippen LogP contribution in [0.5, 0.6) is 0 Å². The van der Waals surface area contributed by atoms with Crippen molar-refractivity contribution < 1.29 is 0 Å². The smallest absolute Gasteiger partial charge is 0.185 e. The highest BCUT2D eigenvalue weighted by molar-refractivity contribution is 7.15. The lowest BCUT2D eigenvalue weighted by atomic mass is 9.98. The molecule has 1 aromatic rings. The van der Waals surface area contributed by atoms with Crippen LogP contribution in [0.3, 0.4) is 0 Å². The van der Waals surface area contributed by atoms with Crippen LogP contribution < -0.4 is 10.2 Å². The molecule has 94 valence electrons. The first-order valence-electron chi connectivity index (χ1n) is 6.75. The van der Waals surface area contributed by atoms with Crippen molar-refractivity contribution in [3.8, 4) is 0 Å². The van der Waals surface area contributed by atoms with Gasteiger partial charge in [-0.05, 0) is 38.6 Å². The predicted octanol–water partition coefficient (Wildman–Crippen LogP) is 2.73. The summed E-state index contributed by atoms with van der Waals surface area (Å²) >= 11 is 1.91. The molecule has 0 aliphatic heterocycles. The molecule has 1 saturated carbocycles. The van der Waals surface area contributed by atoms with Crippen molar-refractivity contribution in [1.29, 1.82) is 0 Å². The molecule has 3 rings (SSSR count). The number of rotatable bonds is 4. The maximum atomic E-state index is 4.85. The Morgan fingerprint density at radius 1 is 1.41 bits per heavy atom. The average Bonchev–Trinajstić information content (AvgIpc) is 3.08. The molecule has 0 bridgehead atoms. The minimum atomic E-state index is 0.558. The average molecular weight is 251 g/mol. The molecule has 1 atom stereocenters. The van der Waals surface area contributed by atoms with Crippen LogP contribution in [0.4, 0.5) is 5.13 Å². The normalized spacial score (nSPS) is 23.5. The van der Waals surface area contributed by atoms with Crippen LogP contribution >= 0.6 is 11.3 Å². The van der Waals surface area contributed by atoms with Crippen LogP contribution in [0.15, 0.2) is 0 Å². The monoisotopic (exact) mass is 251 g/mol. The van der Waals surface area contributed by atoms with Crippen LogP contribution in [0.2, 0.25) is 0 Å². The number of hydrogen-bond acceptors (Lipinski definition) is 4. The Kier molecular flexibility index (Phi) is 3.09. The second-order valence-corrected chi connectivity index (χ2v) is 6.16. The molecule has 0 amide bonds. The van der Waals surface area contributed by atoms with Crippen molar-refractivity contribution in [3.63, 3.8) is 0 Å². The standard InChI is InChI=1S/C13H21N3S/c1-3-14-10-5-4-6-11-12(10)17-13(15-11)16(2)9-7-8-9/h9-10,14H,3-8H2,1-2H3. The molecule has 0 spiro atoms. The summed E-state index contributed by atoms with van der Waals surface area (Å²) in [7, 11) is 2.20. The molecule has 1 aromatic heterocycles. The van der Waals surface area contributed by atoms with E-state index >= 15 is 0 Å². The Bertz CT molecular complexity index is 397. The van der Waals surface area contributed by atoms with Crippen molar-refractivity contribution in [2.45, 2.75) is 51.1 Å². The number of nitrogens with one attached hydrogen (secondary N) is 1. The molecule has 17 heavy (non-hydrogen) atoms. The van der Waals surface area contributed by atoms with Crippen molar-refractivity contribution >= 4 is 16.5 Å². The molecular weight excluding hydrogens is 230 g/mol. The molecule has 2 aliphatic carbocycles. The fraction of sp³-hybridized carbons (Fsp3) is 0.769. The molecule has 0 aromatic carbocycles. The summed E-state index contributed by atoms with van der Waals surface area (Å²) in [5.74, 6) is 0. The van der Waals surface area contributed by atoms with Crippen molar-refractivity contribution in [2.24, 2.45) is 0 Å². The highest BCUT2D eigenvalue weighted by Crippen LogP contribution is 2.40. The third kappa shape index (κ3) is 2.20. The van der Waals surface area contributed by atoms with E-state index < -0.39 is 0 Å². The van der Waals surface area contributed by atoms with E-state index in [2.05, 4.69) is 24.2 Å². The van der Waals surface area contributed by atoms with Gasteiger partial charge < -0.3 is 10.2 Å². The van der Waals surface area contributed by atoms with Gasteiger partial charge >= 0.3 is 0 Å². The maximum absolute atomic E-state index is 4.85. The second kappa shape index (κ2) is 4.58. The maximum Gasteiger partial charge on any atom is 0.185 e. The van der Waals surface area contributed by atoms with Gasteiger partial charge in [0.05, 0.1) is 5.69 Å². The van der Waals surface area contributed by atoms with Crippen LogP contribution in [-0.4, -0.2) is 24.6 Å². The number of aromatic nitrogens is 1. The van der Waals surface area contributed by atoms with E-state index in [9.17, 15) is 0 Å². The van der Waals surface area contributed by atoms with E-state index in [0.717, 1.165) is 12.6 Å². The molecule has 1 N–H and O–H groups in total. The van der Waals surface area contributed by atoms with Crippen LogP contribution in [0.25, 0.3) is 0 Å². The van der Waals surface area contributed by atoms with E-state index in [1.807, 2.05) is 11.3 Å². The summed E-state index contributed by atoms with van der Waals surface area (Å²) in [5.41, 5.74) is 1.36. The van der Waals surface area contributed by atoms with Crippen LogP contribution in [0, 0.1) is 0 Å². The predicted molar refractivity (Wildman–Crippen MR) is 72.9 cm³/mol. The van der Waals surface area contributed by atoms with Gasteiger partial charge in [0.25, 0.3) is 0 Å².